The van der Waals surface area contributed by atoms with Crippen LogP contribution in [0, 0.1) is 10.1 Å². The summed E-state index contributed by atoms with van der Waals surface area (Å²) in [6.07, 6.45) is 5.16. The summed E-state index contributed by atoms with van der Waals surface area (Å²) in [5, 5.41) is 10.7. The van der Waals surface area contributed by atoms with Crippen molar-refractivity contribution >= 4 is 23.2 Å². The van der Waals surface area contributed by atoms with Crippen LogP contribution in [0.25, 0.3) is 0 Å². The van der Waals surface area contributed by atoms with E-state index >= 15 is 0 Å². The molecule has 1 aromatic heterocycles. The van der Waals surface area contributed by atoms with Crippen LogP contribution < -0.4 is 0 Å². The van der Waals surface area contributed by atoms with E-state index in [-0.39, 0.29) is 22.3 Å². The lowest BCUT2D eigenvalue weighted by Gasteiger charge is -2.20. The summed E-state index contributed by atoms with van der Waals surface area (Å²) >= 11 is 5.87. The van der Waals surface area contributed by atoms with Gasteiger partial charge in [-0.2, -0.15) is 0 Å². The highest BCUT2D eigenvalue weighted by atomic mass is 35.5. The molecule has 1 amide bonds. The third-order valence-corrected chi connectivity index (χ3v) is 3.46. The normalized spacial score (nSPS) is 15.9. The molecule has 0 spiro atoms. The number of aromatic nitrogens is 1. The molecule has 0 atom stereocenters. The number of hydrogen-bond acceptors (Lipinski definition) is 4. The predicted octanol–water partition coefficient (Wildman–Crippen LogP) is 2.66. The van der Waals surface area contributed by atoms with Crippen molar-refractivity contribution < 1.29 is 9.72 Å². The number of hydrogen-bond donors (Lipinski definition) is 0. The molecule has 1 saturated heterocycles. The van der Waals surface area contributed by atoms with Crippen LogP contribution in [0.2, 0.25) is 5.15 Å². The van der Waals surface area contributed by atoms with E-state index in [1.807, 2.05) is 0 Å². The SMILES string of the molecule is O=C(c1cc([N+](=O)[O-])cnc1Cl)N1CCCCCC1. The van der Waals surface area contributed by atoms with E-state index in [9.17, 15) is 14.9 Å². The molecule has 2 rings (SSSR count). The van der Waals surface area contributed by atoms with Crippen LogP contribution in [0.4, 0.5) is 5.69 Å². The first kappa shape index (κ1) is 13.7. The number of nitrogens with zero attached hydrogens (tertiary/aromatic N) is 3. The lowest BCUT2D eigenvalue weighted by atomic mass is 10.2. The third kappa shape index (κ3) is 3.20. The average Bonchev–Trinajstić information content (AvgIpc) is 2.67. The average molecular weight is 284 g/mol. The monoisotopic (exact) mass is 283 g/mol. The highest BCUT2D eigenvalue weighted by Gasteiger charge is 2.22. The molecule has 7 heteroatoms. The smallest absolute Gasteiger partial charge is 0.288 e. The van der Waals surface area contributed by atoms with E-state index < -0.39 is 4.92 Å². The number of carbonyl (C=O) groups excluding carboxylic acids is 1. The van der Waals surface area contributed by atoms with Crippen molar-refractivity contribution in [3.63, 3.8) is 0 Å². The van der Waals surface area contributed by atoms with Gasteiger partial charge < -0.3 is 4.90 Å². The highest BCUT2D eigenvalue weighted by molar-refractivity contribution is 6.32. The molecule has 0 N–H and O–H groups in total. The minimum atomic E-state index is -0.581. The molecule has 1 aliphatic heterocycles. The van der Waals surface area contributed by atoms with Gasteiger partial charge in [0.15, 0.2) is 0 Å². The second-order valence-corrected chi connectivity index (χ2v) is 4.85. The van der Waals surface area contributed by atoms with E-state index in [0.29, 0.717) is 13.1 Å². The standard InChI is InChI=1S/C12H14ClN3O3/c13-11-10(7-9(8-14-11)16(18)19)12(17)15-5-3-1-2-4-6-15/h7-8H,1-6H2. The van der Waals surface area contributed by atoms with E-state index in [1.165, 1.54) is 6.07 Å². The Hall–Kier alpha value is -1.69. The van der Waals surface area contributed by atoms with Gasteiger partial charge in [0.1, 0.15) is 11.3 Å². The van der Waals surface area contributed by atoms with Crippen molar-refractivity contribution in [2.45, 2.75) is 25.7 Å². The molecular formula is C12H14ClN3O3. The first-order valence-corrected chi connectivity index (χ1v) is 6.56. The zero-order chi connectivity index (χ0) is 13.8. The van der Waals surface area contributed by atoms with E-state index in [4.69, 9.17) is 11.6 Å². The Morgan fingerprint density at radius 1 is 1.32 bits per heavy atom. The molecule has 0 aliphatic carbocycles. The van der Waals surface area contributed by atoms with Gasteiger partial charge in [-0.25, -0.2) is 4.98 Å². The fraction of sp³-hybridized carbons (Fsp3) is 0.500. The molecule has 0 saturated carbocycles. The summed E-state index contributed by atoms with van der Waals surface area (Å²) in [6.45, 7) is 1.33. The van der Waals surface area contributed by atoms with Crippen molar-refractivity contribution in [2.24, 2.45) is 0 Å². The maximum absolute atomic E-state index is 12.3. The maximum atomic E-state index is 12.3. The molecule has 102 valence electrons. The summed E-state index contributed by atoms with van der Waals surface area (Å²) in [4.78, 5) is 27.9. The van der Waals surface area contributed by atoms with Crippen LogP contribution in [0.1, 0.15) is 36.0 Å². The van der Waals surface area contributed by atoms with Crippen molar-refractivity contribution in [1.29, 1.82) is 0 Å². The van der Waals surface area contributed by atoms with Crippen molar-refractivity contribution in [3.8, 4) is 0 Å². The van der Waals surface area contributed by atoms with Crippen molar-refractivity contribution in [3.05, 3.63) is 33.1 Å². The number of carbonyl (C=O) groups is 1. The van der Waals surface area contributed by atoms with Crippen molar-refractivity contribution in [1.82, 2.24) is 9.88 Å². The quantitative estimate of drug-likeness (QED) is 0.475. The number of halogens is 1. The molecule has 1 aromatic rings. The second-order valence-electron chi connectivity index (χ2n) is 4.50. The number of pyridine rings is 1. The van der Waals surface area contributed by atoms with E-state index in [0.717, 1.165) is 31.9 Å². The number of rotatable bonds is 2. The molecule has 1 aliphatic rings. The Bertz CT molecular complexity index is 499. The Balaban J connectivity index is 2.26. The molecule has 0 aromatic carbocycles. The summed E-state index contributed by atoms with van der Waals surface area (Å²) in [5.74, 6) is -0.275. The molecule has 2 heterocycles. The largest absolute Gasteiger partial charge is 0.339 e. The van der Waals surface area contributed by atoms with Crippen molar-refractivity contribution in [2.75, 3.05) is 13.1 Å². The zero-order valence-electron chi connectivity index (χ0n) is 10.3. The predicted molar refractivity (Wildman–Crippen MR) is 70.3 cm³/mol. The van der Waals surface area contributed by atoms with Gasteiger partial charge in [0.25, 0.3) is 11.6 Å². The first-order valence-electron chi connectivity index (χ1n) is 6.19. The van der Waals surface area contributed by atoms with Crippen LogP contribution in [0.5, 0.6) is 0 Å². The Labute approximate surface area is 115 Å². The van der Waals surface area contributed by atoms with Gasteiger partial charge in [0.05, 0.1) is 10.5 Å². The second kappa shape index (κ2) is 5.97. The fourth-order valence-electron chi connectivity index (χ4n) is 2.13. The zero-order valence-corrected chi connectivity index (χ0v) is 11.1. The van der Waals surface area contributed by atoms with Crippen LogP contribution in [0.3, 0.4) is 0 Å². The minimum Gasteiger partial charge on any atom is -0.339 e. The summed E-state index contributed by atoms with van der Waals surface area (Å²) in [6, 6.07) is 1.20. The first-order chi connectivity index (χ1) is 9.09. The topological polar surface area (TPSA) is 76.3 Å². The van der Waals surface area contributed by atoms with Crippen LogP contribution in [-0.2, 0) is 0 Å². The molecule has 0 radical (unpaired) electrons. The van der Waals surface area contributed by atoms with Gasteiger partial charge in [-0.1, -0.05) is 24.4 Å². The Kier molecular flexibility index (Phi) is 4.31. The molecule has 19 heavy (non-hydrogen) atoms. The fourth-order valence-corrected chi connectivity index (χ4v) is 2.32. The van der Waals surface area contributed by atoms with Gasteiger partial charge in [0.2, 0.25) is 0 Å². The van der Waals surface area contributed by atoms with Crippen LogP contribution in [0.15, 0.2) is 12.3 Å². The van der Waals surface area contributed by atoms with Gasteiger partial charge in [0, 0.05) is 19.2 Å². The third-order valence-electron chi connectivity index (χ3n) is 3.16. The molecule has 0 bridgehead atoms. The van der Waals surface area contributed by atoms with E-state index in [1.54, 1.807) is 4.90 Å². The summed E-state index contributed by atoms with van der Waals surface area (Å²) in [7, 11) is 0. The van der Waals surface area contributed by atoms with Gasteiger partial charge >= 0.3 is 0 Å². The summed E-state index contributed by atoms with van der Waals surface area (Å²) < 4.78 is 0. The Morgan fingerprint density at radius 3 is 2.53 bits per heavy atom. The van der Waals surface area contributed by atoms with Crippen LogP contribution in [-0.4, -0.2) is 33.8 Å². The number of likely N-dealkylation sites (tertiary alicyclic amines) is 1. The molecular weight excluding hydrogens is 270 g/mol. The maximum Gasteiger partial charge on any atom is 0.288 e. The lowest BCUT2D eigenvalue weighted by Crippen LogP contribution is -2.32. The highest BCUT2D eigenvalue weighted by Crippen LogP contribution is 2.22. The summed E-state index contributed by atoms with van der Waals surface area (Å²) in [5.41, 5.74) is -0.111. The van der Waals surface area contributed by atoms with Gasteiger partial charge in [-0.05, 0) is 12.8 Å². The number of amides is 1. The number of nitro groups is 1. The Morgan fingerprint density at radius 2 is 1.95 bits per heavy atom. The van der Waals surface area contributed by atoms with E-state index in [2.05, 4.69) is 4.98 Å². The van der Waals surface area contributed by atoms with Crippen LogP contribution >= 0.6 is 11.6 Å². The van der Waals surface area contributed by atoms with Gasteiger partial charge in [-0.15, -0.1) is 0 Å². The molecule has 1 fully saturated rings. The molecule has 0 unspecified atom stereocenters. The molecule has 6 nitrogen and oxygen atoms in total. The minimum absolute atomic E-state index is 0.0137. The lowest BCUT2D eigenvalue weighted by molar-refractivity contribution is -0.385. The van der Waals surface area contributed by atoms with Gasteiger partial charge in [-0.3, -0.25) is 14.9 Å².